The number of piperidine rings is 1. The maximum Gasteiger partial charge on any atom is 0.236 e. The van der Waals surface area contributed by atoms with Gasteiger partial charge in [0.25, 0.3) is 0 Å². The van der Waals surface area contributed by atoms with Crippen molar-refractivity contribution in [3.8, 4) is 0 Å². The van der Waals surface area contributed by atoms with Gasteiger partial charge >= 0.3 is 0 Å². The van der Waals surface area contributed by atoms with E-state index in [1.807, 2.05) is 17.3 Å². The standard InChI is InChI=1S/C19H31N5O2/c1-2-22-8-7-21-17(22)14-24(15-18(25)23-9-11-26-12-10-23)16-13-19(16)3-5-20-6-4-19/h7-8,16,20H,2-6,9-15H2,1H3. The number of aryl methyl sites for hydroxylation is 1. The van der Waals surface area contributed by atoms with Crippen LogP contribution in [0.5, 0.6) is 0 Å². The Morgan fingerprint density at radius 2 is 2.15 bits per heavy atom. The molecule has 2 aliphatic heterocycles. The molecular weight excluding hydrogens is 330 g/mol. The number of hydrogen-bond donors (Lipinski definition) is 1. The highest BCUT2D eigenvalue weighted by Crippen LogP contribution is 2.55. The quantitative estimate of drug-likeness (QED) is 0.808. The summed E-state index contributed by atoms with van der Waals surface area (Å²) in [6.07, 6.45) is 7.57. The van der Waals surface area contributed by atoms with E-state index in [4.69, 9.17) is 4.74 Å². The number of morpholine rings is 1. The topological polar surface area (TPSA) is 62.6 Å². The highest BCUT2D eigenvalue weighted by Gasteiger charge is 2.56. The smallest absolute Gasteiger partial charge is 0.236 e. The number of hydrogen-bond acceptors (Lipinski definition) is 5. The van der Waals surface area contributed by atoms with Crippen molar-refractivity contribution in [2.75, 3.05) is 45.9 Å². The second-order valence-electron chi connectivity index (χ2n) is 7.86. The SMILES string of the molecule is CCn1ccnc1CN(CC(=O)N1CCOCC1)C1CC12CCNCC2. The average Bonchev–Trinajstić information content (AvgIpc) is 3.17. The summed E-state index contributed by atoms with van der Waals surface area (Å²) in [5.41, 5.74) is 0.417. The van der Waals surface area contributed by atoms with Crippen LogP contribution >= 0.6 is 0 Å². The predicted molar refractivity (Wildman–Crippen MR) is 98.7 cm³/mol. The molecule has 0 aromatic carbocycles. The molecular formula is C19H31N5O2. The first-order valence-electron chi connectivity index (χ1n) is 10.0. The minimum absolute atomic E-state index is 0.235. The molecule has 1 aliphatic carbocycles. The van der Waals surface area contributed by atoms with Gasteiger partial charge in [0.15, 0.2) is 0 Å². The minimum atomic E-state index is 0.235. The van der Waals surface area contributed by atoms with E-state index in [0.717, 1.165) is 45.1 Å². The molecule has 0 bridgehead atoms. The average molecular weight is 361 g/mol. The van der Waals surface area contributed by atoms with Gasteiger partial charge in [-0.2, -0.15) is 0 Å². The van der Waals surface area contributed by atoms with E-state index < -0.39 is 0 Å². The Labute approximate surface area is 155 Å². The number of imidazole rings is 1. The van der Waals surface area contributed by atoms with Gasteiger partial charge in [-0.1, -0.05) is 0 Å². The van der Waals surface area contributed by atoms with Crippen LogP contribution in [0.15, 0.2) is 12.4 Å². The molecule has 1 aromatic heterocycles. The molecule has 1 amide bonds. The molecule has 3 aliphatic rings. The maximum atomic E-state index is 12.9. The van der Waals surface area contributed by atoms with E-state index in [1.165, 1.54) is 19.3 Å². The van der Waals surface area contributed by atoms with Crippen LogP contribution in [0.3, 0.4) is 0 Å². The number of rotatable bonds is 6. The fraction of sp³-hybridized carbons (Fsp3) is 0.789. The summed E-state index contributed by atoms with van der Waals surface area (Å²) in [5, 5.41) is 3.47. The number of carbonyl (C=O) groups is 1. The molecule has 144 valence electrons. The number of amides is 1. The lowest BCUT2D eigenvalue weighted by Crippen LogP contribution is -2.47. The highest BCUT2D eigenvalue weighted by molar-refractivity contribution is 5.78. The third kappa shape index (κ3) is 3.66. The van der Waals surface area contributed by atoms with Crippen molar-refractivity contribution < 1.29 is 9.53 Å². The molecule has 4 rings (SSSR count). The van der Waals surface area contributed by atoms with Crippen molar-refractivity contribution in [1.29, 1.82) is 0 Å². The van der Waals surface area contributed by atoms with Crippen LogP contribution < -0.4 is 5.32 Å². The molecule has 7 heteroatoms. The zero-order valence-corrected chi connectivity index (χ0v) is 15.8. The first-order chi connectivity index (χ1) is 12.7. The van der Waals surface area contributed by atoms with Crippen molar-refractivity contribution in [1.82, 2.24) is 24.7 Å². The molecule has 2 saturated heterocycles. The zero-order valence-electron chi connectivity index (χ0n) is 15.8. The summed E-state index contributed by atoms with van der Waals surface area (Å²) < 4.78 is 7.58. The number of nitrogens with zero attached hydrogens (tertiary/aromatic N) is 4. The number of ether oxygens (including phenoxy) is 1. The molecule has 1 saturated carbocycles. The Morgan fingerprint density at radius 1 is 1.38 bits per heavy atom. The van der Waals surface area contributed by atoms with Gasteiger partial charge < -0.3 is 19.5 Å². The van der Waals surface area contributed by atoms with Crippen molar-refractivity contribution >= 4 is 5.91 Å². The van der Waals surface area contributed by atoms with Gasteiger partial charge in [0.05, 0.1) is 26.3 Å². The van der Waals surface area contributed by atoms with Gasteiger partial charge in [0.2, 0.25) is 5.91 Å². The van der Waals surface area contributed by atoms with Crippen molar-refractivity contribution in [2.24, 2.45) is 5.41 Å². The molecule has 3 fully saturated rings. The second kappa shape index (κ2) is 7.66. The number of nitrogens with one attached hydrogen (secondary N) is 1. The lowest BCUT2D eigenvalue weighted by Gasteiger charge is -2.32. The highest BCUT2D eigenvalue weighted by atomic mass is 16.5. The second-order valence-corrected chi connectivity index (χ2v) is 7.86. The molecule has 26 heavy (non-hydrogen) atoms. The molecule has 1 atom stereocenters. The van der Waals surface area contributed by atoms with Crippen LogP contribution in [-0.2, 0) is 22.6 Å². The molecule has 1 spiro atoms. The molecule has 7 nitrogen and oxygen atoms in total. The Balaban J connectivity index is 1.47. The fourth-order valence-corrected chi connectivity index (χ4v) is 4.63. The van der Waals surface area contributed by atoms with E-state index >= 15 is 0 Å². The lowest BCUT2D eigenvalue weighted by molar-refractivity contribution is -0.137. The lowest BCUT2D eigenvalue weighted by atomic mass is 9.93. The van der Waals surface area contributed by atoms with Crippen molar-refractivity contribution in [3.63, 3.8) is 0 Å². The fourth-order valence-electron chi connectivity index (χ4n) is 4.63. The van der Waals surface area contributed by atoms with E-state index in [-0.39, 0.29) is 5.91 Å². The van der Waals surface area contributed by atoms with Crippen LogP contribution in [0.25, 0.3) is 0 Å². The maximum absolute atomic E-state index is 12.9. The summed E-state index contributed by atoms with van der Waals surface area (Å²) in [6.45, 7) is 9.27. The monoisotopic (exact) mass is 361 g/mol. The Morgan fingerprint density at radius 3 is 2.88 bits per heavy atom. The summed E-state index contributed by atoms with van der Waals surface area (Å²) in [7, 11) is 0. The van der Waals surface area contributed by atoms with Crippen LogP contribution in [0.4, 0.5) is 0 Å². The molecule has 1 N–H and O–H groups in total. The van der Waals surface area contributed by atoms with E-state index in [2.05, 4.69) is 26.7 Å². The van der Waals surface area contributed by atoms with Crippen molar-refractivity contribution in [3.05, 3.63) is 18.2 Å². The first-order valence-corrected chi connectivity index (χ1v) is 10.0. The molecule has 1 unspecified atom stereocenters. The summed E-state index contributed by atoms with van der Waals surface area (Å²) in [4.78, 5) is 21.8. The normalized spacial score (nSPS) is 25.0. The van der Waals surface area contributed by atoms with Crippen LogP contribution in [0.2, 0.25) is 0 Å². The van der Waals surface area contributed by atoms with Crippen LogP contribution in [0.1, 0.15) is 32.0 Å². The minimum Gasteiger partial charge on any atom is -0.378 e. The number of aromatic nitrogens is 2. The predicted octanol–water partition coefficient (Wildman–Crippen LogP) is 0.706. The third-order valence-electron chi connectivity index (χ3n) is 6.38. The molecule has 1 aromatic rings. The first kappa shape index (κ1) is 17.9. The van der Waals surface area contributed by atoms with Gasteiger partial charge in [-0.05, 0) is 44.7 Å². The zero-order chi connectivity index (χ0) is 18.0. The number of carbonyl (C=O) groups excluding carboxylic acids is 1. The summed E-state index contributed by atoms with van der Waals surface area (Å²) in [5.74, 6) is 1.30. The van der Waals surface area contributed by atoms with Gasteiger partial charge in [0, 0.05) is 38.1 Å². The van der Waals surface area contributed by atoms with E-state index in [0.29, 0.717) is 31.2 Å². The largest absolute Gasteiger partial charge is 0.378 e. The third-order valence-corrected chi connectivity index (χ3v) is 6.38. The summed E-state index contributed by atoms with van der Waals surface area (Å²) in [6, 6.07) is 0.511. The van der Waals surface area contributed by atoms with Gasteiger partial charge in [-0.15, -0.1) is 0 Å². The Bertz CT molecular complexity index is 619. The van der Waals surface area contributed by atoms with Gasteiger partial charge in [0.1, 0.15) is 5.82 Å². The van der Waals surface area contributed by atoms with Gasteiger partial charge in [-0.3, -0.25) is 9.69 Å². The molecule has 0 radical (unpaired) electrons. The van der Waals surface area contributed by atoms with Gasteiger partial charge in [-0.25, -0.2) is 4.98 Å². The summed E-state index contributed by atoms with van der Waals surface area (Å²) >= 11 is 0. The Hall–Kier alpha value is -1.44. The Kier molecular flexibility index (Phi) is 5.29. The van der Waals surface area contributed by atoms with E-state index in [9.17, 15) is 4.79 Å². The van der Waals surface area contributed by atoms with E-state index in [1.54, 1.807) is 0 Å². The van der Waals surface area contributed by atoms with Crippen molar-refractivity contribution in [2.45, 2.75) is 45.3 Å². The van der Waals surface area contributed by atoms with Crippen LogP contribution in [-0.4, -0.2) is 77.2 Å². The molecule has 3 heterocycles. The van der Waals surface area contributed by atoms with Crippen LogP contribution in [0, 0.1) is 5.41 Å².